The smallest absolute Gasteiger partial charge is 0.255 e. The van der Waals surface area contributed by atoms with Crippen molar-refractivity contribution in [2.24, 2.45) is 0 Å². The molecule has 2 heterocycles. The number of halogens is 1. The van der Waals surface area contributed by atoms with Gasteiger partial charge in [0, 0.05) is 16.4 Å². The van der Waals surface area contributed by atoms with E-state index in [1.54, 1.807) is 36.1 Å². The Morgan fingerprint density at radius 3 is 2.71 bits per heavy atom. The van der Waals surface area contributed by atoms with Crippen LogP contribution in [-0.4, -0.2) is 34.4 Å². The number of hydrogen-bond acceptors (Lipinski definition) is 6. The zero-order chi connectivity index (χ0) is 22.0. The summed E-state index contributed by atoms with van der Waals surface area (Å²) in [6.45, 7) is 4.23. The average Bonchev–Trinajstić information content (AvgIpc) is 3.22. The predicted octanol–water partition coefficient (Wildman–Crippen LogP) is 4.27. The second-order valence-electron chi connectivity index (χ2n) is 6.90. The zero-order valence-electron chi connectivity index (χ0n) is 17.3. The van der Waals surface area contributed by atoms with Gasteiger partial charge < -0.3 is 20.1 Å². The Morgan fingerprint density at radius 2 is 2.00 bits per heavy atom. The monoisotopic (exact) mass is 439 g/mol. The maximum Gasteiger partial charge on any atom is 0.255 e. The third-order valence-corrected chi connectivity index (χ3v) is 5.20. The number of allylic oxidation sites excluding steroid dienone is 1. The Morgan fingerprint density at radius 1 is 1.23 bits per heavy atom. The molecule has 0 saturated carbocycles. The van der Waals surface area contributed by atoms with Crippen molar-refractivity contribution in [3.8, 4) is 11.5 Å². The summed E-state index contributed by atoms with van der Waals surface area (Å²) in [6, 6.07) is 12.0. The van der Waals surface area contributed by atoms with E-state index < -0.39 is 6.04 Å². The lowest BCUT2D eigenvalue weighted by Crippen LogP contribution is -2.31. The molecular weight excluding hydrogens is 418 g/mol. The predicted molar refractivity (Wildman–Crippen MR) is 119 cm³/mol. The van der Waals surface area contributed by atoms with Crippen LogP contribution in [0.25, 0.3) is 0 Å². The van der Waals surface area contributed by atoms with Gasteiger partial charge in [0.05, 0.1) is 19.3 Å². The number of hydrogen-bond donors (Lipinski definition) is 2. The van der Waals surface area contributed by atoms with Crippen LogP contribution in [0.15, 0.2) is 60.1 Å². The number of methoxy groups -OCH3 is 1. The molecule has 160 valence electrons. The SMILES string of the molecule is CCOc1cc([C@H]2C(C(=O)Nc3ccc(Cl)cc3)=C(C)Nc3ncnn32)ccc1OC. The molecule has 0 fully saturated rings. The van der Waals surface area contributed by atoms with Gasteiger partial charge in [-0.2, -0.15) is 10.1 Å². The van der Waals surface area contributed by atoms with E-state index in [2.05, 4.69) is 20.7 Å². The molecule has 0 aliphatic carbocycles. The molecule has 3 aromatic rings. The van der Waals surface area contributed by atoms with Crippen LogP contribution in [-0.2, 0) is 4.79 Å². The summed E-state index contributed by atoms with van der Waals surface area (Å²) in [6.07, 6.45) is 1.45. The lowest BCUT2D eigenvalue weighted by Gasteiger charge is -2.29. The third kappa shape index (κ3) is 4.06. The Kier molecular flexibility index (Phi) is 5.81. The van der Waals surface area contributed by atoms with Crippen LogP contribution in [0.4, 0.5) is 11.6 Å². The van der Waals surface area contributed by atoms with E-state index in [0.29, 0.717) is 46.0 Å². The third-order valence-electron chi connectivity index (χ3n) is 4.94. The summed E-state index contributed by atoms with van der Waals surface area (Å²) in [7, 11) is 1.59. The van der Waals surface area contributed by atoms with Crippen molar-refractivity contribution in [1.29, 1.82) is 0 Å². The molecule has 1 aliphatic heterocycles. The summed E-state index contributed by atoms with van der Waals surface area (Å²) in [5.74, 6) is 1.51. The Balaban J connectivity index is 1.77. The van der Waals surface area contributed by atoms with Crippen LogP contribution in [0.2, 0.25) is 5.02 Å². The maximum absolute atomic E-state index is 13.4. The van der Waals surface area contributed by atoms with Gasteiger partial charge in [0.1, 0.15) is 12.4 Å². The van der Waals surface area contributed by atoms with Crippen molar-refractivity contribution in [2.75, 3.05) is 24.4 Å². The molecule has 0 unspecified atom stereocenters. The molecule has 9 heteroatoms. The first-order valence-corrected chi connectivity index (χ1v) is 10.1. The molecule has 1 aromatic heterocycles. The van der Waals surface area contributed by atoms with E-state index in [4.69, 9.17) is 21.1 Å². The van der Waals surface area contributed by atoms with Gasteiger partial charge in [0.2, 0.25) is 5.95 Å². The van der Waals surface area contributed by atoms with Crippen LogP contribution in [0, 0.1) is 0 Å². The number of amides is 1. The summed E-state index contributed by atoms with van der Waals surface area (Å²) in [5, 5.41) is 11.1. The molecule has 0 saturated heterocycles. The molecule has 1 atom stereocenters. The highest BCUT2D eigenvalue weighted by molar-refractivity contribution is 6.30. The number of aromatic nitrogens is 3. The highest BCUT2D eigenvalue weighted by Gasteiger charge is 2.34. The van der Waals surface area contributed by atoms with Crippen LogP contribution in [0.3, 0.4) is 0 Å². The van der Waals surface area contributed by atoms with Crippen LogP contribution >= 0.6 is 11.6 Å². The minimum atomic E-state index is -0.504. The van der Waals surface area contributed by atoms with E-state index >= 15 is 0 Å². The van der Waals surface area contributed by atoms with Gasteiger partial charge in [-0.05, 0) is 55.8 Å². The molecular formula is C22H22ClN5O3. The number of nitrogens with one attached hydrogen (secondary N) is 2. The first-order chi connectivity index (χ1) is 15.0. The van der Waals surface area contributed by atoms with E-state index in [0.717, 1.165) is 5.56 Å². The molecule has 0 bridgehead atoms. The number of ether oxygens (including phenoxy) is 2. The number of nitrogens with zero attached hydrogens (tertiary/aromatic N) is 3. The molecule has 0 radical (unpaired) electrons. The van der Waals surface area contributed by atoms with Gasteiger partial charge in [-0.3, -0.25) is 4.79 Å². The van der Waals surface area contributed by atoms with Crippen LogP contribution < -0.4 is 20.1 Å². The zero-order valence-corrected chi connectivity index (χ0v) is 18.1. The largest absolute Gasteiger partial charge is 0.493 e. The molecule has 8 nitrogen and oxygen atoms in total. The molecule has 1 amide bonds. The molecule has 31 heavy (non-hydrogen) atoms. The van der Waals surface area contributed by atoms with Gasteiger partial charge in [-0.1, -0.05) is 17.7 Å². The Hall–Kier alpha value is -3.52. The van der Waals surface area contributed by atoms with Crippen LogP contribution in [0.5, 0.6) is 11.5 Å². The average molecular weight is 440 g/mol. The van der Waals surface area contributed by atoms with Crippen molar-refractivity contribution >= 4 is 29.1 Å². The van der Waals surface area contributed by atoms with Crippen molar-refractivity contribution in [3.63, 3.8) is 0 Å². The second kappa shape index (κ2) is 8.69. The number of carbonyl (C=O) groups is 1. The highest BCUT2D eigenvalue weighted by Crippen LogP contribution is 2.38. The number of anilines is 2. The second-order valence-corrected chi connectivity index (χ2v) is 7.34. The first-order valence-electron chi connectivity index (χ1n) is 9.76. The van der Waals surface area contributed by atoms with Gasteiger partial charge in [-0.15, -0.1) is 0 Å². The number of carbonyl (C=O) groups excluding carboxylic acids is 1. The van der Waals surface area contributed by atoms with Crippen LogP contribution in [0.1, 0.15) is 25.5 Å². The molecule has 4 rings (SSSR count). The summed E-state index contributed by atoms with van der Waals surface area (Å²) in [5.41, 5.74) is 2.66. The van der Waals surface area contributed by atoms with Crippen molar-refractivity contribution in [3.05, 3.63) is 70.6 Å². The fraction of sp³-hybridized carbons (Fsp3) is 0.227. The fourth-order valence-corrected chi connectivity index (χ4v) is 3.68. The lowest BCUT2D eigenvalue weighted by molar-refractivity contribution is -0.113. The van der Waals surface area contributed by atoms with Gasteiger partial charge in [-0.25, -0.2) is 4.68 Å². The number of rotatable bonds is 6. The summed E-state index contributed by atoms with van der Waals surface area (Å²) < 4.78 is 12.8. The standard InChI is InChI=1S/C22H22ClN5O3/c1-4-31-18-11-14(5-10-17(18)30-3)20-19(13(2)26-22-24-12-25-28(20)22)21(29)27-16-8-6-15(23)7-9-16/h5-12,20H,4H2,1-3H3,(H,27,29)(H,24,25,26)/t20-/m0/s1. The molecule has 2 aromatic carbocycles. The maximum atomic E-state index is 13.4. The first kappa shape index (κ1) is 20.7. The number of benzene rings is 2. The van der Waals surface area contributed by atoms with Gasteiger partial charge in [0.15, 0.2) is 11.5 Å². The van der Waals surface area contributed by atoms with E-state index in [1.807, 2.05) is 32.0 Å². The molecule has 2 N–H and O–H groups in total. The Bertz CT molecular complexity index is 1140. The fourth-order valence-electron chi connectivity index (χ4n) is 3.56. The lowest BCUT2D eigenvalue weighted by atomic mass is 9.94. The van der Waals surface area contributed by atoms with Crippen molar-refractivity contribution < 1.29 is 14.3 Å². The topological polar surface area (TPSA) is 90.3 Å². The van der Waals surface area contributed by atoms with Gasteiger partial charge in [0.25, 0.3) is 5.91 Å². The molecule has 1 aliphatic rings. The minimum absolute atomic E-state index is 0.257. The summed E-state index contributed by atoms with van der Waals surface area (Å²) in [4.78, 5) is 17.6. The summed E-state index contributed by atoms with van der Waals surface area (Å²) >= 11 is 5.96. The quantitative estimate of drug-likeness (QED) is 0.596. The Labute approximate surface area is 184 Å². The van der Waals surface area contributed by atoms with Crippen molar-refractivity contribution in [2.45, 2.75) is 19.9 Å². The van der Waals surface area contributed by atoms with E-state index in [-0.39, 0.29) is 5.91 Å². The van der Waals surface area contributed by atoms with Crippen molar-refractivity contribution in [1.82, 2.24) is 14.8 Å². The highest BCUT2D eigenvalue weighted by atomic mass is 35.5. The normalized spacial score (nSPS) is 15.2. The van der Waals surface area contributed by atoms with Gasteiger partial charge >= 0.3 is 0 Å². The van der Waals surface area contributed by atoms with E-state index in [1.165, 1.54) is 6.33 Å². The molecule has 0 spiro atoms. The van der Waals surface area contributed by atoms with E-state index in [9.17, 15) is 4.79 Å². The minimum Gasteiger partial charge on any atom is -0.493 e. The number of fused-ring (bicyclic) bond motifs is 1.